The Bertz CT molecular complexity index is 1100. The van der Waals surface area contributed by atoms with Crippen molar-refractivity contribution in [3.63, 3.8) is 0 Å². The Kier molecular flexibility index (Phi) is 5.97. The van der Waals surface area contributed by atoms with E-state index in [9.17, 15) is 9.59 Å². The first-order valence-electron chi connectivity index (χ1n) is 9.60. The van der Waals surface area contributed by atoms with Gasteiger partial charge in [0.15, 0.2) is 0 Å². The fourth-order valence-corrected chi connectivity index (χ4v) is 4.80. The highest BCUT2D eigenvalue weighted by Crippen LogP contribution is 2.42. The van der Waals surface area contributed by atoms with Gasteiger partial charge >= 0.3 is 0 Å². The van der Waals surface area contributed by atoms with E-state index in [0.29, 0.717) is 11.3 Å². The summed E-state index contributed by atoms with van der Waals surface area (Å²) in [6, 6.07) is 21.1. The van der Waals surface area contributed by atoms with Crippen LogP contribution in [-0.2, 0) is 4.79 Å². The normalized spacial score (nSPS) is 16.0. The highest BCUT2D eigenvalue weighted by atomic mass is 79.9. The van der Waals surface area contributed by atoms with Crippen molar-refractivity contribution in [3.8, 4) is 0 Å². The first kappa shape index (κ1) is 20.7. The molecule has 1 fully saturated rings. The summed E-state index contributed by atoms with van der Waals surface area (Å²) < 4.78 is 0.931. The first-order valence-corrected chi connectivity index (χ1v) is 11.4. The maximum atomic E-state index is 12.6. The van der Waals surface area contributed by atoms with Gasteiger partial charge in [-0.2, -0.15) is 0 Å². The maximum absolute atomic E-state index is 12.6. The van der Waals surface area contributed by atoms with E-state index in [-0.39, 0.29) is 17.2 Å². The highest BCUT2D eigenvalue weighted by Gasteiger charge is 2.34. The van der Waals surface area contributed by atoms with Gasteiger partial charge in [0.1, 0.15) is 5.37 Å². The van der Waals surface area contributed by atoms with Gasteiger partial charge in [0, 0.05) is 21.4 Å². The minimum Gasteiger partial charge on any atom is -0.322 e. The zero-order valence-electron chi connectivity index (χ0n) is 16.7. The summed E-state index contributed by atoms with van der Waals surface area (Å²) in [4.78, 5) is 26.9. The Hall–Kier alpha value is -2.57. The average molecular weight is 481 g/mol. The number of thioether (sulfide) groups is 1. The summed E-state index contributed by atoms with van der Waals surface area (Å²) in [5.41, 5.74) is 5.65. The molecule has 2 amide bonds. The number of nitrogens with one attached hydrogen (secondary N) is 1. The van der Waals surface area contributed by atoms with E-state index in [2.05, 4.69) is 47.2 Å². The predicted octanol–water partition coefficient (Wildman–Crippen LogP) is 6.10. The van der Waals surface area contributed by atoms with Gasteiger partial charge in [-0.25, -0.2) is 0 Å². The van der Waals surface area contributed by atoms with Crippen molar-refractivity contribution >= 4 is 50.9 Å². The number of rotatable bonds is 4. The van der Waals surface area contributed by atoms with Crippen LogP contribution in [0.4, 0.5) is 11.4 Å². The third-order valence-corrected chi connectivity index (χ3v) is 6.94. The lowest BCUT2D eigenvalue weighted by Gasteiger charge is -2.25. The van der Waals surface area contributed by atoms with Crippen molar-refractivity contribution in [3.05, 3.63) is 93.5 Å². The lowest BCUT2D eigenvalue weighted by atomic mass is 10.1. The van der Waals surface area contributed by atoms with Gasteiger partial charge in [0.2, 0.25) is 5.91 Å². The van der Waals surface area contributed by atoms with Crippen molar-refractivity contribution in [1.82, 2.24) is 0 Å². The van der Waals surface area contributed by atoms with E-state index in [1.54, 1.807) is 23.9 Å². The molecule has 1 heterocycles. The number of benzene rings is 3. The molecule has 30 heavy (non-hydrogen) atoms. The van der Waals surface area contributed by atoms with Crippen LogP contribution in [-0.4, -0.2) is 17.6 Å². The van der Waals surface area contributed by atoms with Crippen LogP contribution < -0.4 is 10.2 Å². The smallest absolute Gasteiger partial charge is 0.255 e. The third kappa shape index (κ3) is 4.30. The summed E-state index contributed by atoms with van der Waals surface area (Å²) in [5.74, 6) is 0.415. The molecule has 1 unspecified atom stereocenters. The SMILES string of the molecule is Cc1ccc(N2C(=O)CSC2c2ccc(NC(=O)c3ccc(Br)cc3)cc2)cc1C. The van der Waals surface area contributed by atoms with Crippen LogP contribution in [0.2, 0.25) is 0 Å². The zero-order chi connectivity index (χ0) is 21.3. The molecular weight excluding hydrogens is 460 g/mol. The molecule has 4 rings (SSSR count). The van der Waals surface area contributed by atoms with Crippen LogP contribution >= 0.6 is 27.7 Å². The molecule has 0 saturated carbocycles. The number of hydrogen-bond donors (Lipinski definition) is 1. The van der Waals surface area contributed by atoms with E-state index in [1.807, 2.05) is 47.4 Å². The summed E-state index contributed by atoms with van der Waals surface area (Å²) in [6.07, 6.45) is 0. The molecule has 4 nitrogen and oxygen atoms in total. The van der Waals surface area contributed by atoms with Crippen molar-refractivity contribution in [2.75, 3.05) is 16.0 Å². The van der Waals surface area contributed by atoms with Crippen LogP contribution in [0.3, 0.4) is 0 Å². The van der Waals surface area contributed by atoms with E-state index in [0.717, 1.165) is 21.4 Å². The van der Waals surface area contributed by atoms with E-state index in [4.69, 9.17) is 0 Å². The van der Waals surface area contributed by atoms with Gasteiger partial charge in [-0.15, -0.1) is 11.8 Å². The molecule has 1 atom stereocenters. The molecule has 3 aromatic rings. The molecule has 1 aliphatic rings. The van der Waals surface area contributed by atoms with Crippen LogP contribution in [0, 0.1) is 13.8 Å². The van der Waals surface area contributed by atoms with Gasteiger partial charge in [0.25, 0.3) is 5.91 Å². The van der Waals surface area contributed by atoms with Crippen LogP contribution in [0.25, 0.3) is 0 Å². The standard InChI is InChI=1S/C24H21BrN2O2S/c1-15-3-12-21(13-16(15)2)27-22(28)14-30-24(27)18-6-10-20(11-7-18)26-23(29)17-4-8-19(25)9-5-17/h3-13,24H,14H2,1-2H3,(H,26,29). The van der Waals surface area contributed by atoms with Crippen LogP contribution in [0.5, 0.6) is 0 Å². The molecule has 152 valence electrons. The first-order chi connectivity index (χ1) is 14.4. The molecule has 1 aliphatic heterocycles. The molecule has 1 N–H and O–H groups in total. The molecular formula is C24H21BrN2O2S. The topological polar surface area (TPSA) is 49.4 Å². The molecule has 1 saturated heterocycles. The Morgan fingerprint density at radius 3 is 2.37 bits per heavy atom. The predicted molar refractivity (Wildman–Crippen MR) is 127 cm³/mol. The maximum Gasteiger partial charge on any atom is 0.255 e. The molecule has 0 radical (unpaired) electrons. The van der Waals surface area contributed by atoms with Gasteiger partial charge in [-0.05, 0) is 79.1 Å². The second-order valence-corrected chi connectivity index (χ2v) is 9.26. The summed E-state index contributed by atoms with van der Waals surface area (Å²) >= 11 is 4.99. The molecule has 0 bridgehead atoms. The second-order valence-electron chi connectivity index (χ2n) is 7.28. The molecule has 6 heteroatoms. The lowest BCUT2D eigenvalue weighted by molar-refractivity contribution is -0.115. The molecule has 3 aromatic carbocycles. The summed E-state index contributed by atoms with van der Waals surface area (Å²) in [6.45, 7) is 4.13. The fourth-order valence-electron chi connectivity index (χ4n) is 3.36. The number of aryl methyl sites for hydroxylation is 2. The van der Waals surface area contributed by atoms with Crippen molar-refractivity contribution in [2.24, 2.45) is 0 Å². The van der Waals surface area contributed by atoms with Crippen LogP contribution in [0.1, 0.15) is 32.4 Å². The van der Waals surface area contributed by atoms with E-state index >= 15 is 0 Å². The largest absolute Gasteiger partial charge is 0.322 e. The highest BCUT2D eigenvalue weighted by molar-refractivity contribution is 9.10. The van der Waals surface area contributed by atoms with Crippen molar-refractivity contribution in [1.29, 1.82) is 0 Å². The van der Waals surface area contributed by atoms with Gasteiger partial charge in [0.05, 0.1) is 5.75 Å². The van der Waals surface area contributed by atoms with Crippen molar-refractivity contribution in [2.45, 2.75) is 19.2 Å². The number of hydrogen-bond acceptors (Lipinski definition) is 3. The Morgan fingerprint density at radius 2 is 1.70 bits per heavy atom. The fraction of sp³-hybridized carbons (Fsp3) is 0.167. The number of carbonyl (C=O) groups excluding carboxylic acids is 2. The molecule has 0 aliphatic carbocycles. The number of carbonyl (C=O) groups is 2. The summed E-state index contributed by atoms with van der Waals surface area (Å²) in [7, 11) is 0. The van der Waals surface area contributed by atoms with Gasteiger partial charge in [-0.1, -0.05) is 34.1 Å². The van der Waals surface area contributed by atoms with E-state index in [1.165, 1.54) is 11.1 Å². The van der Waals surface area contributed by atoms with Gasteiger partial charge < -0.3 is 5.32 Å². The third-order valence-electron chi connectivity index (χ3n) is 5.20. The van der Waals surface area contributed by atoms with Crippen LogP contribution in [0.15, 0.2) is 71.2 Å². The Balaban J connectivity index is 1.52. The number of anilines is 2. The second kappa shape index (κ2) is 8.66. The minimum atomic E-state index is -0.155. The zero-order valence-corrected chi connectivity index (χ0v) is 19.1. The van der Waals surface area contributed by atoms with Crippen molar-refractivity contribution < 1.29 is 9.59 Å². The number of halogens is 1. The molecule has 0 spiro atoms. The quantitative estimate of drug-likeness (QED) is 0.490. The van der Waals surface area contributed by atoms with Gasteiger partial charge in [-0.3, -0.25) is 14.5 Å². The average Bonchev–Trinajstić information content (AvgIpc) is 3.12. The summed E-state index contributed by atoms with van der Waals surface area (Å²) in [5, 5.41) is 2.85. The lowest BCUT2D eigenvalue weighted by Crippen LogP contribution is -2.27. The Labute approximate surface area is 188 Å². The monoisotopic (exact) mass is 480 g/mol. The van der Waals surface area contributed by atoms with E-state index < -0.39 is 0 Å². The Morgan fingerprint density at radius 1 is 1.00 bits per heavy atom. The number of nitrogens with zero attached hydrogens (tertiary/aromatic N) is 1. The number of amides is 2. The minimum absolute atomic E-state index is 0.0733. The molecule has 0 aromatic heterocycles.